The molecule has 0 unspecified atom stereocenters. The summed E-state index contributed by atoms with van der Waals surface area (Å²) in [6, 6.07) is -0.0903. The van der Waals surface area contributed by atoms with Crippen LogP contribution in [-0.2, 0) is 11.3 Å². The largest absolute Gasteiger partial charge is 0.480 e. The highest BCUT2D eigenvalue weighted by Gasteiger charge is 2.24. The minimum Gasteiger partial charge on any atom is -0.480 e. The lowest BCUT2D eigenvalue weighted by Gasteiger charge is -2.35. The van der Waals surface area contributed by atoms with Gasteiger partial charge in [-0.1, -0.05) is 0 Å². The minimum absolute atomic E-state index is 0.0222. The monoisotopic (exact) mass is 296 g/mol. The van der Waals surface area contributed by atoms with Crippen LogP contribution in [0.25, 0.3) is 0 Å². The molecule has 0 radical (unpaired) electrons. The van der Waals surface area contributed by atoms with Crippen LogP contribution in [0.1, 0.15) is 11.6 Å². The molecule has 1 fully saturated rings. The summed E-state index contributed by atoms with van der Waals surface area (Å²) in [4.78, 5) is 32.2. The number of rotatable bonds is 4. The van der Waals surface area contributed by atoms with E-state index in [1.807, 2.05) is 4.90 Å². The molecule has 1 aromatic heterocycles. The van der Waals surface area contributed by atoms with Crippen LogP contribution in [-0.4, -0.2) is 86.8 Å². The third-order valence-electron chi connectivity index (χ3n) is 3.35. The van der Waals surface area contributed by atoms with Crippen molar-refractivity contribution in [2.45, 2.75) is 13.5 Å². The molecule has 9 nitrogen and oxygen atoms in total. The Kier molecular flexibility index (Phi) is 4.73. The molecule has 21 heavy (non-hydrogen) atoms. The SMILES string of the molecule is Cc1nc(CN(C)C(=O)N2CCN(CC(=O)O)CC2)n[nH]1. The van der Waals surface area contributed by atoms with Gasteiger partial charge in [0.2, 0.25) is 0 Å². The molecule has 1 aromatic rings. The molecule has 2 amide bonds. The summed E-state index contributed by atoms with van der Waals surface area (Å²) in [5, 5.41) is 15.5. The number of aliphatic carboxylic acids is 1. The number of piperazine rings is 1. The molecular formula is C12H20N6O3. The number of hydrogen-bond acceptors (Lipinski definition) is 5. The molecule has 2 N–H and O–H groups in total. The van der Waals surface area contributed by atoms with E-state index in [4.69, 9.17) is 5.11 Å². The van der Waals surface area contributed by atoms with Crippen molar-refractivity contribution in [2.24, 2.45) is 0 Å². The van der Waals surface area contributed by atoms with E-state index >= 15 is 0 Å². The first-order valence-electron chi connectivity index (χ1n) is 6.78. The van der Waals surface area contributed by atoms with Crippen molar-refractivity contribution in [2.75, 3.05) is 39.8 Å². The Morgan fingerprint density at radius 3 is 2.52 bits per heavy atom. The highest BCUT2D eigenvalue weighted by molar-refractivity contribution is 5.74. The number of amides is 2. The highest BCUT2D eigenvalue weighted by Crippen LogP contribution is 2.06. The van der Waals surface area contributed by atoms with E-state index in [0.717, 1.165) is 0 Å². The lowest BCUT2D eigenvalue weighted by atomic mass is 10.3. The Bertz CT molecular complexity index is 509. The van der Waals surface area contributed by atoms with Crippen LogP contribution in [0.4, 0.5) is 4.79 Å². The maximum Gasteiger partial charge on any atom is 0.320 e. The van der Waals surface area contributed by atoms with Crippen molar-refractivity contribution in [1.82, 2.24) is 29.9 Å². The molecule has 1 saturated heterocycles. The third-order valence-corrected chi connectivity index (χ3v) is 3.35. The van der Waals surface area contributed by atoms with Crippen molar-refractivity contribution in [3.05, 3.63) is 11.6 Å². The number of carbonyl (C=O) groups excluding carboxylic acids is 1. The fourth-order valence-corrected chi connectivity index (χ4v) is 2.27. The molecule has 0 aliphatic carbocycles. The lowest BCUT2D eigenvalue weighted by Crippen LogP contribution is -2.52. The number of carboxylic acid groups (broad SMARTS) is 1. The first-order valence-corrected chi connectivity index (χ1v) is 6.78. The normalized spacial score (nSPS) is 16.0. The van der Waals surface area contributed by atoms with E-state index in [2.05, 4.69) is 15.2 Å². The molecule has 0 atom stereocenters. The first kappa shape index (κ1) is 15.2. The predicted octanol–water partition coefficient (Wildman–Crippen LogP) is -0.633. The number of urea groups is 1. The van der Waals surface area contributed by atoms with Gasteiger partial charge in [-0.25, -0.2) is 9.78 Å². The van der Waals surface area contributed by atoms with Gasteiger partial charge < -0.3 is 14.9 Å². The van der Waals surface area contributed by atoms with Gasteiger partial charge in [-0.2, -0.15) is 5.10 Å². The lowest BCUT2D eigenvalue weighted by molar-refractivity contribution is -0.138. The molecule has 2 heterocycles. The standard InChI is InChI=1S/C12H20N6O3/c1-9-13-10(15-14-9)7-16(2)12(21)18-5-3-17(4-6-18)8-11(19)20/h3-8H2,1-2H3,(H,19,20)(H,13,14,15). The second-order valence-electron chi connectivity index (χ2n) is 5.13. The highest BCUT2D eigenvalue weighted by atomic mass is 16.4. The summed E-state index contributed by atoms with van der Waals surface area (Å²) >= 11 is 0. The molecule has 9 heteroatoms. The van der Waals surface area contributed by atoms with Crippen molar-refractivity contribution >= 4 is 12.0 Å². The number of nitrogens with zero attached hydrogens (tertiary/aromatic N) is 5. The second-order valence-corrected chi connectivity index (χ2v) is 5.13. The number of aryl methyl sites for hydroxylation is 1. The molecule has 1 aliphatic rings. The van der Waals surface area contributed by atoms with E-state index in [1.54, 1.807) is 23.8 Å². The molecule has 116 valence electrons. The maximum atomic E-state index is 12.3. The number of nitrogens with one attached hydrogen (secondary N) is 1. The number of aromatic nitrogens is 3. The zero-order chi connectivity index (χ0) is 15.4. The van der Waals surface area contributed by atoms with Gasteiger partial charge in [0.25, 0.3) is 0 Å². The van der Waals surface area contributed by atoms with Gasteiger partial charge in [0.1, 0.15) is 5.82 Å². The fraction of sp³-hybridized carbons (Fsp3) is 0.667. The van der Waals surface area contributed by atoms with Crippen LogP contribution < -0.4 is 0 Å². The Morgan fingerprint density at radius 2 is 2.00 bits per heavy atom. The molecule has 1 aliphatic heterocycles. The van der Waals surface area contributed by atoms with Gasteiger partial charge in [-0.15, -0.1) is 0 Å². The zero-order valence-corrected chi connectivity index (χ0v) is 12.2. The van der Waals surface area contributed by atoms with Crippen molar-refractivity contribution in [3.8, 4) is 0 Å². The van der Waals surface area contributed by atoms with Crippen LogP contribution in [0, 0.1) is 6.92 Å². The Morgan fingerprint density at radius 1 is 1.33 bits per heavy atom. The Hall–Kier alpha value is -2.16. The third kappa shape index (κ3) is 4.15. The molecule has 0 spiro atoms. The quantitative estimate of drug-likeness (QED) is 0.766. The van der Waals surface area contributed by atoms with Crippen molar-refractivity contribution in [3.63, 3.8) is 0 Å². The van der Waals surface area contributed by atoms with Gasteiger partial charge in [0.15, 0.2) is 5.82 Å². The fourth-order valence-electron chi connectivity index (χ4n) is 2.27. The van der Waals surface area contributed by atoms with Crippen LogP contribution in [0.15, 0.2) is 0 Å². The van der Waals surface area contributed by atoms with Gasteiger partial charge in [0.05, 0.1) is 13.1 Å². The summed E-state index contributed by atoms with van der Waals surface area (Å²) < 4.78 is 0. The van der Waals surface area contributed by atoms with Gasteiger partial charge in [-0.05, 0) is 6.92 Å². The molecule has 0 bridgehead atoms. The number of aromatic amines is 1. The summed E-state index contributed by atoms with van der Waals surface area (Å²) in [6.07, 6.45) is 0. The zero-order valence-electron chi connectivity index (χ0n) is 12.2. The van der Waals surface area contributed by atoms with Gasteiger partial charge in [0, 0.05) is 33.2 Å². The van der Waals surface area contributed by atoms with Crippen molar-refractivity contribution < 1.29 is 14.7 Å². The van der Waals surface area contributed by atoms with Crippen LogP contribution in [0.2, 0.25) is 0 Å². The predicted molar refractivity (Wildman–Crippen MR) is 73.6 cm³/mol. The summed E-state index contributed by atoms with van der Waals surface area (Å²) in [7, 11) is 1.71. The van der Waals surface area contributed by atoms with Gasteiger partial charge >= 0.3 is 12.0 Å². The van der Waals surface area contributed by atoms with E-state index in [0.29, 0.717) is 44.4 Å². The Labute approximate surface area is 122 Å². The van der Waals surface area contributed by atoms with E-state index < -0.39 is 5.97 Å². The maximum absolute atomic E-state index is 12.3. The average Bonchev–Trinajstić information content (AvgIpc) is 2.83. The topological polar surface area (TPSA) is 106 Å². The number of carbonyl (C=O) groups is 2. The smallest absolute Gasteiger partial charge is 0.320 e. The van der Waals surface area contributed by atoms with E-state index in [9.17, 15) is 9.59 Å². The minimum atomic E-state index is -0.841. The number of H-pyrrole nitrogens is 1. The molecule has 0 aromatic carbocycles. The van der Waals surface area contributed by atoms with E-state index in [-0.39, 0.29) is 12.6 Å². The number of hydrogen-bond donors (Lipinski definition) is 2. The molecule has 0 saturated carbocycles. The van der Waals surface area contributed by atoms with Gasteiger partial charge in [-0.3, -0.25) is 14.8 Å². The average molecular weight is 296 g/mol. The summed E-state index contributed by atoms with van der Waals surface area (Å²) in [5.74, 6) is 0.452. The Balaban J connectivity index is 1.82. The molecular weight excluding hydrogens is 276 g/mol. The van der Waals surface area contributed by atoms with Crippen molar-refractivity contribution in [1.29, 1.82) is 0 Å². The number of carboxylic acids is 1. The van der Waals surface area contributed by atoms with Crippen LogP contribution in [0.3, 0.4) is 0 Å². The summed E-state index contributed by atoms with van der Waals surface area (Å²) in [5.41, 5.74) is 0. The first-order chi connectivity index (χ1) is 9.95. The van der Waals surface area contributed by atoms with Crippen LogP contribution in [0.5, 0.6) is 0 Å². The second kappa shape index (κ2) is 6.53. The summed E-state index contributed by atoms with van der Waals surface area (Å²) in [6.45, 7) is 4.39. The molecule has 2 rings (SSSR count). The van der Waals surface area contributed by atoms with Crippen LogP contribution >= 0.6 is 0 Å². The van der Waals surface area contributed by atoms with E-state index in [1.165, 1.54) is 0 Å².